The van der Waals surface area contributed by atoms with E-state index in [0.29, 0.717) is 12.8 Å². The number of carboxylic acids is 2. The molecule has 1 unspecified atom stereocenters. The Morgan fingerprint density at radius 3 is 2.43 bits per heavy atom. The highest BCUT2D eigenvalue weighted by Gasteiger charge is 2.43. The van der Waals surface area contributed by atoms with E-state index in [0.717, 1.165) is 56.1 Å². The number of hydrogen-bond donors (Lipinski definition) is 2. The monoisotopic (exact) mass is 292 g/mol. The SMILES string of the molecule is CC1(C(=O)O)CCCCC(C2=CCCCCC2)=C1C(=O)O. The molecule has 2 aliphatic carbocycles. The number of hydrogen-bond acceptors (Lipinski definition) is 2. The van der Waals surface area contributed by atoms with Crippen molar-refractivity contribution in [2.45, 2.75) is 64.7 Å². The zero-order chi connectivity index (χ0) is 15.5. The third-order valence-corrected chi connectivity index (χ3v) is 4.82. The molecule has 0 aromatic rings. The molecule has 0 radical (unpaired) electrons. The normalized spacial score (nSPS) is 27.6. The molecule has 0 bridgehead atoms. The molecular formula is C17H24O4. The largest absolute Gasteiger partial charge is 0.481 e. The van der Waals surface area contributed by atoms with Crippen LogP contribution in [0.25, 0.3) is 0 Å². The number of aliphatic carboxylic acids is 2. The molecule has 2 rings (SSSR count). The molecule has 0 saturated heterocycles. The van der Waals surface area contributed by atoms with Crippen LogP contribution < -0.4 is 0 Å². The van der Waals surface area contributed by atoms with Crippen LogP contribution in [-0.2, 0) is 9.59 Å². The van der Waals surface area contributed by atoms with E-state index in [9.17, 15) is 19.8 Å². The Morgan fingerprint density at radius 2 is 1.76 bits per heavy atom. The molecule has 0 aliphatic heterocycles. The van der Waals surface area contributed by atoms with E-state index in [1.165, 1.54) is 0 Å². The first-order valence-corrected chi connectivity index (χ1v) is 7.86. The number of carboxylic acid groups (broad SMARTS) is 2. The van der Waals surface area contributed by atoms with Gasteiger partial charge in [-0.25, -0.2) is 4.79 Å². The van der Waals surface area contributed by atoms with Crippen LogP contribution in [0.4, 0.5) is 0 Å². The second-order valence-electron chi connectivity index (χ2n) is 6.33. The number of allylic oxidation sites excluding steroid dienone is 3. The van der Waals surface area contributed by atoms with Gasteiger partial charge in [-0.2, -0.15) is 0 Å². The van der Waals surface area contributed by atoms with Gasteiger partial charge in [0.2, 0.25) is 0 Å². The highest BCUT2D eigenvalue weighted by molar-refractivity contribution is 5.98. The fraction of sp³-hybridized carbons (Fsp3) is 0.647. The molecule has 0 amide bonds. The van der Waals surface area contributed by atoms with Gasteiger partial charge in [0.1, 0.15) is 0 Å². The summed E-state index contributed by atoms with van der Waals surface area (Å²) in [6, 6.07) is 0. The van der Waals surface area contributed by atoms with Crippen LogP contribution in [0.5, 0.6) is 0 Å². The molecule has 1 atom stereocenters. The summed E-state index contributed by atoms with van der Waals surface area (Å²) in [6.45, 7) is 1.57. The van der Waals surface area contributed by atoms with E-state index in [1.807, 2.05) is 0 Å². The molecule has 116 valence electrons. The van der Waals surface area contributed by atoms with Gasteiger partial charge in [0.05, 0.1) is 11.0 Å². The first-order valence-electron chi connectivity index (χ1n) is 7.86. The topological polar surface area (TPSA) is 74.6 Å². The molecule has 2 N–H and O–H groups in total. The van der Waals surface area contributed by atoms with Crippen molar-refractivity contribution in [1.29, 1.82) is 0 Å². The minimum atomic E-state index is -1.27. The second kappa shape index (κ2) is 6.46. The molecule has 0 fully saturated rings. The summed E-state index contributed by atoms with van der Waals surface area (Å²) >= 11 is 0. The maximum Gasteiger partial charge on any atom is 0.333 e. The zero-order valence-corrected chi connectivity index (χ0v) is 12.7. The lowest BCUT2D eigenvalue weighted by Gasteiger charge is -2.26. The van der Waals surface area contributed by atoms with Crippen LogP contribution in [-0.4, -0.2) is 22.2 Å². The Kier molecular flexibility index (Phi) is 4.86. The Morgan fingerprint density at radius 1 is 1.05 bits per heavy atom. The van der Waals surface area contributed by atoms with Crippen molar-refractivity contribution in [2.24, 2.45) is 5.41 Å². The minimum absolute atomic E-state index is 0.126. The van der Waals surface area contributed by atoms with Gasteiger partial charge in [-0.05, 0) is 63.0 Å². The van der Waals surface area contributed by atoms with Crippen LogP contribution in [0.15, 0.2) is 22.8 Å². The Hall–Kier alpha value is -1.58. The Bertz CT molecular complexity index is 501. The summed E-state index contributed by atoms with van der Waals surface area (Å²) in [5.74, 6) is -2.09. The average molecular weight is 292 g/mol. The maximum absolute atomic E-state index is 11.8. The second-order valence-corrected chi connectivity index (χ2v) is 6.33. The van der Waals surface area contributed by atoms with Crippen molar-refractivity contribution >= 4 is 11.9 Å². The molecule has 0 aromatic heterocycles. The fourth-order valence-electron chi connectivity index (χ4n) is 3.55. The number of rotatable bonds is 3. The van der Waals surface area contributed by atoms with Crippen molar-refractivity contribution < 1.29 is 19.8 Å². The Labute approximate surface area is 125 Å². The lowest BCUT2D eigenvalue weighted by molar-refractivity contribution is -0.149. The summed E-state index contributed by atoms with van der Waals surface area (Å²) in [7, 11) is 0. The highest BCUT2D eigenvalue weighted by atomic mass is 16.4. The predicted octanol–water partition coefficient (Wildman–Crippen LogP) is 3.92. The van der Waals surface area contributed by atoms with Crippen LogP contribution in [0, 0.1) is 5.41 Å². The first kappa shape index (κ1) is 15.8. The van der Waals surface area contributed by atoms with E-state index >= 15 is 0 Å². The van der Waals surface area contributed by atoms with Crippen molar-refractivity contribution in [2.75, 3.05) is 0 Å². The van der Waals surface area contributed by atoms with Gasteiger partial charge in [0.15, 0.2) is 0 Å². The van der Waals surface area contributed by atoms with E-state index in [1.54, 1.807) is 6.92 Å². The van der Waals surface area contributed by atoms with E-state index in [-0.39, 0.29) is 5.57 Å². The van der Waals surface area contributed by atoms with Crippen LogP contribution in [0.2, 0.25) is 0 Å². The lowest BCUT2D eigenvalue weighted by atomic mass is 9.76. The van der Waals surface area contributed by atoms with Gasteiger partial charge >= 0.3 is 11.9 Å². The van der Waals surface area contributed by atoms with Gasteiger partial charge in [-0.1, -0.05) is 18.9 Å². The molecular weight excluding hydrogens is 268 g/mol. The van der Waals surface area contributed by atoms with Crippen molar-refractivity contribution in [3.8, 4) is 0 Å². The van der Waals surface area contributed by atoms with Crippen molar-refractivity contribution in [3.63, 3.8) is 0 Å². The van der Waals surface area contributed by atoms with Gasteiger partial charge in [0, 0.05) is 0 Å². The molecule has 4 heteroatoms. The molecule has 2 aliphatic rings. The van der Waals surface area contributed by atoms with E-state index in [2.05, 4.69) is 6.08 Å². The van der Waals surface area contributed by atoms with Crippen LogP contribution in [0.1, 0.15) is 64.7 Å². The molecule has 0 aromatic carbocycles. The highest BCUT2D eigenvalue weighted by Crippen LogP contribution is 2.43. The average Bonchev–Trinajstić information content (AvgIpc) is 2.77. The summed E-state index contributed by atoms with van der Waals surface area (Å²) in [5.41, 5.74) is 0.733. The van der Waals surface area contributed by atoms with Gasteiger partial charge < -0.3 is 10.2 Å². The predicted molar refractivity (Wildman–Crippen MR) is 80.0 cm³/mol. The standard InChI is InChI=1S/C17H24O4/c1-17(16(20)21)11-7-6-10-13(14(17)15(18)19)12-8-4-2-3-5-9-12/h8H,2-7,9-11H2,1H3,(H,18,19)(H,20,21). The van der Waals surface area contributed by atoms with Crippen LogP contribution >= 0.6 is 0 Å². The summed E-state index contributed by atoms with van der Waals surface area (Å²) in [4.78, 5) is 23.5. The smallest absolute Gasteiger partial charge is 0.333 e. The van der Waals surface area contributed by atoms with E-state index in [4.69, 9.17) is 0 Å². The molecule has 21 heavy (non-hydrogen) atoms. The fourth-order valence-corrected chi connectivity index (χ4v) is 3.55. The van der Waals surface area contributed by atoms with Gasteiger partial charge in [-0.3, -0.25) is 4.79 Å². The molecule has 0 heterocycles. The lowest BCUT2D eigenvalue weighted by Crippen LogP contribution is -2.34. The summed E-state index contributed by atoms with van der Waals surface area (Å²) < 4.78 is 0. The van der Waals surface area contributed by atoms with Gasteiger partial charge in [-0.15, -0.1) is 0 Å². The summed E-state index contributed by atoms with van der Waals surface area (Å²) in [5, 5.41) is 19.3. The molecule has 4 nitrogen and oxygen atoms in total. The van der Waals surface area contributed by atoms with Crippen molar-refractivity contribution in [3.05, 3.63) is 22.8 Å². The molecule has 0 spiro atoms. The van der Waals surface area contributed by atoms with Gasteiger partial charge in [0.25, 0.3) is 0 Å². The first-order chi connectivity index (χ1) is 9.97. The Balaban J connectivity index is 2.56. The quantitative estimate of drug-likeness (QED) is 0.826. The summed E-state index contributed by atoms with van der Waals surface area (Å²) in [6.07, 6.45) is 10.1. The third kappa shape index (κ3) is 3.20. The molecule has 0 saturated carbocycles. The number of carbonyl (C=O) groups is 2. The van der Waals surface area contributed by atoms with Crippen molar-refractivity contribution in [1.82, 2.24) is 0 Å². The van der Waals surface area contributed by atoms with E-state index < -0.39 is 17.4 Å². The minimum Gasteiger partial charge on any atom is -0.481 e. The zero-order valence-electron chi connectivity index (χ0n) is 12.7. The maximum atomic E-state index is 11.8. The third-order valence-electron chi connectivity index (χ3n) is 4.82. The van der Waals surface area contributed by atoms with Crippen LogP contribution in [0.3, 0.4) is 0 Å².